The standard InChI is InChI=1S/C16H19NO/c1-11-3-4-15-14(9-11)10-12(2)16(17-15)13-5-7-18-8-6-13/h3-4,9-10,13H,5-8H2,1-2H3. The monoisotopic (exact) mass is 241 g/mol. The van der Waals surface area contributed by atoms with Gasteiger partial charge in [0.15, 0.2) is 0 Å². The number of rotatable bonds is 1. The summed E-state index contributed by atoms with van der Waals surface area (Å²) in [6.45, 7) is 6.05. The zero-order valence-corrected chi connectivity index (χ0v) is 11.1. The highest BCUT2D eigenvalue weighted by Gasteiger charge is 2.19. The number of hydrogen-bond donors (Lipinski definition) is 0. The van der Waals surface area contributed by atoms with Crippen molar-refractivity contribution in [1.82, 2.24) is 4.98 Å². The lowest BCUT2D eigenvalue weighted by molar-refractivity contribution is 0.0844. The second-order valence-corrected chi connectivity index (χ2v) is 5.27. The van der Waals surface area contributed by atoms with E-state index in [4.69, 9.17) is 9.72 Å². The van der Waals surface area contributed by atoms with E-state index in [9.17, 15) is 0 Å². The molecule has 0 bridgehead atoms. The fraction of sp³-hybridized carbons (Fsp3) is 0.438. The normalized spacial score (nSPS) is 17.2. The third-order valence-corrected chi connectivity index (χ3v) is 3.81. The minimum Gasteiger partial charge on any atom is -0.381 e. The zero-order valence-electron chi connectivity index (χ0n) is 11.1. The van der Waals surface area contributed by atoms with Gasteiger partial charge in [0.1, 0.15) is 0 Å². The molecule has 1 saturated heterocycles. The third-order valence-electron chi connectivity index (χ3n) is 3.81. The average molecular weight is 241 g/mol. The summed E-state index contributed by atoms with van der Waals surface area (Å²) < 4.78 is 5.44. The number of aryl methyl sites for hydroxylation is 2. The molecule has 1 aliphatic heterocycles. The minimum atomic E-state index is 0.574. The molecule has 1 fully saturated rings. The molecule has 0 unspecified atom stereocenters. The Balaban J connectivity index is 2.06. The Morgan fingerprint density at radius 3 is 2.67 bits per heavy atom. The van der Waals surface area contributed by atoms with Crippen LogP contribution in [0, 0.1) is 13.8 Å². The van der Waals surface area contributed by atoms with E-state index in [1.807, 2.05) is 0 Å². The van der Waals surface area contributed by atoms with Gasteiger partial charge < -0.3 is 4.74 Å². The topological polar surface area (TPSA) is 22.1 Å². The van der Waals surface area contributed by atoms with Gasteiger partial charge in [-0.3, -0.25) is 4.98 Å². The predicted octanol–water partition coefficient (Wildman–Crippen LogP) is 3.75. The van der Waals surface area contributed by atoms with Crippen LogP contribution in [0.2, 0.25) is 0 Å². The zero-order chi connectivity index (χ0) is 12.5. The molecule has 2 heterocycles. The van der Waals surface area contributed by atoms with Crippen LogP contribution < -0.4 is 0 Å². The van der Waals surface area contributed by atoms with Crippen LogP contribution >= 0.6 is 0 Å². The fourth-order valence-electron chi connectivity index (χ4n) is 2.80. The van der Waals surface area contributed by atoms with Crippen LogP contribution in [0.15, 0.2) is 24.3 Å². The molecule has 0 radical (unpaired) electrons. The molecule has 1 aliphatic rings. The van der Waals surface area contributed by atoms with Crippen molar-refractivity contribution >= 4 is 10.9 Å². The van der Waals surface area contributed by atoms with Crippen LogP contribution in [0.3, 0.4) is 0 Å². The smallest absolute Gasteiger partial charge is 0.0705 e. The van der Waals surface area contributed by atoms with E-state index in [1.54, 1.807) is 0 Å². The lowest BCUT2D eigenvalue weighted by Gasteiger charge is -2.23. The van der Waals surface area contributed by atoms with Gasteiger partial charge in [0, 0.05) is 30.2 Å². The fourth-order valence-corrected chi connectivity index (χ4v) is 2.80. The van der Waals surface area contributed by atoms with Crippen molar-refractivity contribution in [3.8, 4) is 0 Å². The Hall–Kier alpha value is -1.41. The van der Waals surface area contributed by atoms with Gasteiger partial charge in [-0.2, -0.15) is 0 Å². The Morgan fingerprint density at radius 2 is 1.89 bits per heavy atom. The van der Waals surface area contributed by atoms with Gasteiger partial charge in [-0.25, -0.2) is 0 Å². The van der Waals surface area contributed by atoms with E-state index >= 15 is 0 Å². The minimum absolute atomic E-state index is 0.574. The van der Waals surface area contributed by atoms with Crippen LogP contribution in [-0.2, 0) is 4.74 Å². The van der Waals surface area contributed by atoms with E-state index in [1.165, 1.54) is 22.2 Å². The molecular formula is C16H19NO. The second kappa shape index (κ2) is 4.69. The van der Waals surface area contributed by atoms with E-state index in [0.717, 1.165) is 31.6 Å². The molecule has 2 aromatic rings. The number of ether oxygens (including phenoxy) is 1. The summed E-state index contributed by atoms with van der Waals surface area (Å²) in [5.41, 5.74) is 5.00. The maximum Gasteiger partial charge on any atom is 0.0705 e. The summed E-state index contributed by atoms with van der Waals surface area (Å²) in [5.74, 6) is 0.574. The number of pyridine rings is 1. The van der Waals surface area contributed by atoms with E-state index in [0.29, 0.717) is 5.92 Å². The number of nitrogens with zero attached hydrogens (tertiary/aromatic N) is 1. The number of aromatic nitrogens is 1. The van der Waals surface area contributed by atoms with Crippen molar-refractivity contribution in [2.45, 2.75) is 32.6 Å². The largest absolute Gasteiger partial charge is 0.381 e. The number of hydrogen-bond acceptors (Lipinski definition) is 2. The van der Waals surface area contributed by atoms with Gasteiger partial charge in [0.2, 0.25) is 0 Å². The van der Waals surface area contributed by atoms with Crippen molar-refractivity contribution in [3.05, 3.63) is 41.1 Å². The van der Waals surface area contributed by atoms with Crippen LogP contribution in [0.1, 0.15) is 35.6 Å². The predicted molar refractivity (Wildman–Crippen MR) is 74.0 cm³/mol. The first-order valence-electron chi connectivity index (χ1n) is 6.70. The summed E-state index contributed by atoms with van der Waals surface area (Å²) in [6, 6.07) is 8.76. The van der Waals surface area contributed by atoms with Gasteiger partial charge in [0.25, 0.3) is 0 Å². The lowest BCUT2D eigenvalue weighted by atomic mass is 9.92. The van der Waals surface area contributed by atoms with Gasteiger partial charge in [-0.1, -0.05) is 11.6 Å². The van der Waals surface area contributed by atoms with Gasteiger partial charge in [-0.05, 0) is 50.5 Å². The van der Waals surface area contributed by atoms with E-state index < -0.39 is 0 Å². The Morgan fingerprint density at radius 1 is 1.11 bits per heavy atom. The molecule has 1 aromatic heterocycles. The molecule has 0 saturated carbocycles. The summed E-state index contributed by atoms with van der Waals surface area (Å²) in [6.07, 6.45) is 2.20. The molecule has 0 N–H and O–H groups in total. The summed E-state index contributed by atoms with van der Waals surface area (Å²) in [5, 5.41) is 1.25. The third kappa shape index (κ3) is 2.13. The molecule has 2 nitrogen and oxygen atoms in total. The van der Waals surface area contributed by atoms with Gasteiger partial charge >= 0.3 is 0 Å². The Kier molecular flexibility index (Phi) is 3.04. The summed E-state index contributed by atoms with van der Waals surface area (Å²) in [7, 11) is 0. The Bertz CT molecular complexity index is 571. The molecule has 94 valence electrons. The van der Waals surface area contributed by atoms with E-state index in [-0.39, 0.29) is 0 Å². The van der Waals surface area contributed by atoms with Crippen molar-refractivity contribution in [2.24, 2.45) is 0 Å². The van der Waals surface area contributed by atoms with Crippen LogP contribution in [-0.4, -0.2) is 18.2 Å². The summed E-state index contributed by atoms with van der Waals surface area (Å²) >= 11 is 0. The molecule has 18 heavy (non-hydrogen) atoms. The highest BCUT2D eigenvalue weighted by Crippen LogP contribution is 2.29. The molecule has 0 aliphatic carbocycles. The SMILES string of the molecule is Cc1ccc2nc(C3CCOCC3)c(C)cc2c1. The highest BCUT2D eigenvalue weighted by molar-refractivity contribution is 5.80. The van der Waals surface area contributed by atoms with Crippen molar-refractivity contribution < 1.29 is 4.74 Å². The molecular weight excluding hydrogens is 222 g/mol. The van der Waals surface area contributed by atoms with Crippen molar-refractivity contribution in [3.63, 3.8) is 0 Å². The highest BCUT2D eigenvalue weighted by atomic mass is 16.5. The van der Waals surface area contributed by atoms with Crippen LogP contribution in [0.5, 0.6) is 0 Å². The average Bonchev–Trinajstić information content (AvgIpc) is 2.39. The maximum absolute atomic E-state index is 5.44. The quantitative estimate of drug-likeness (QED) is 0.758. The first-order valence-corrected chi connectivity index (χ1v) is 6.70. The molecule has 0 spiro atoms. The molecule has 0 atom stereocenters. The Labute approximate surface area is 108 Å². The number of benzene rings is 1. The van der Waals surface area contributed by atoms with Crippen LogP contribution in [0.25, 0.3) is 10.9 Å². The maximum atomic E-state index is 5.44. The molecule has 2 heteroatoms. The van der Waals surface area contributed by atoms with Gasteiger partial charge in [-0.15, -0.1) is 0 Å². The second-order valence-electron chi connectivity index (χ2n) is 5.27. The lowest BCUT2D eigenvalue weighted by Crippen LogP contribution is -2.16. The molecule has 1 aromatic carbocycles. The summed E-state index contributed by atoms with van der Waals surface area (Å²) in [4.78, 5) is 4.88. The van der Waals surface area contributed by atoms with Crippen LogP contribution in [0.4, 0.5) is 0 Å². The van der Waals surface area contributed by atoms with Crippen molar-refractivity contribution in [1.29, 1.82) is 0 Å². The molecule has 0 amide bonds. The first kappa shape index (κ1) is 11.7. The van der Waals surface area contributed by atoms with Crippen molar-refractivity contribution in [2.75, 3.05) is 13.2 Å². The first-order chi connectivity index (χ1) is 8.74. The van der Waals surface area contributed by atoms with Gasteiger partial charge in [0.05, 0.1) is 5.52 Å². The molecule has 3 rings (SSSR count). The number of fused-ring (bicyclic) bond motifs is 1. The van der Waals surface area contributed by atoms with E-state index in [2.05, 4.69) is 38.1 Å².